The first-order valence-corrected chi connectivity index (χ1v) is 10.1. The van der Waals surface area contributed by atoms with Crippen molar-refractivity contribution in [2.75, 3.05) is 10.0 Å². The van der Waals surface area contributed by atoms with Crippen LogP contribution in [0.5, 0.6) is 0 Å². The van der Waals surface area contributed by atoms with Gasteiger partial charge >= 0.3 is 0 Å². The maximum atomic E-state index is 12.7. The Morgan fingerprint density at radius 3 is 2.56 bits per heavy atom. The van der Waals surface area contributed by atoms with Gasteiger partial charge in [-0.1, -0.05) is 17.7 Å². The van der Waals surface area contributed by atoms with E-state index in [1.54, 1.807) is 23.7 Å². The molecular weight excluding hydrogens is 384 g/mol. The number of aromatic nitrogens is 1. The van der Waals surface area contributed by atoms with Crippen molar-refractivity contribution >= 4 is 38.1 Å². The Morgan fingerprint density at radius 2 is 1.93 bits per heavy atom. The maximum absolute atomic E-state index is 12.7. The lowest BCUT2D eigenvalue weighted by Gasteiger charge is -2.13. The minimum atomic E-state index is -3.93. The van der Waals surface area contributed by atoms with Crippen LogP contribution in [0.15, 0.2) is 58.9 Å². The molecule has 3 aromatic rings. The predicted octanol–water partition coefficient (Wildman–Crippen LogP) is 3.38. The normalized spacial score (nSPS) is 10.8. The monoisotopic (exact) mass is 398 g/mol. The van der Waals surface area contributed by atoms with Gasteiger partial charge in [-0.05, 0) is 37.3 Å². The zero-order chi connectivity index (χ0) is 19.4. The highest BCUT2D eigenvalue weighted by atomic mass is 32.2. The molecule has 2 aromatic carbocycles. The first-order valence-electron chi connectivity index (χ1n) is 7.73. The van der Waals surface area contributed by atoms with Gasteiger partial charge in [0.2, 0.25) is 0 Å². The molecule has 0 fully saturated rings. The number of rotatable bonds is 5. The summed E-state index contributed by atoms with van der Waals surface area (Å²) < 4.78 is 27.7. The van der Waals surface area contributed by atoms with E-state index in [-0.39, 0.29) is 21.7 Å². The van der Waals surface area contributed by atoms with Crippen molar-refractivity contribution < 1.29 is 13.2 Å². The Morgan fingerprint density at radius 1 is 1.19 bits per heavy atom. The van der Waals surface area contributed by atoms with Crippen LogP contribution < -0.4 is 10.0 Å². The van der Waals surface area contributed by atoms with Crippen LogP contribution in [0.1, 0.15) is 21.5 Å². The van der Waals surface area contributed by atoms with E-state index in [1.165, 1.54) is 41.7 Å². The van der Waals surface area contributed by atoms with Gasteiger partial charge in [0.05, 0.1) is 27.8 Å². The summed E-state index contributed by atoms with van der Waals surface area (Å²) in [6, 6.07) is 12.4. The molecule has 0 saturated heterocycles. The highest BCUT2D eigenvalue weighted by molar-refractivity contribution is 7.92. The standard InChI is InChI=1S/C18H14N4O3S2/c1-12-2-5-14(6-3-12)27(24,25)22-16-10-13(11-19)4-7-15(16)17(23)21-18-20-8-9-26-18/h2-10,22H,1H3,(H,20,21,23). The smallest absolute Gasteiger partial charge is 0.261 e. The van der Waals surface area contributed by atoms with Gasteiger partial charge in [0.25, 0.3) is 15.9 Å². The molecule has 0 aliphatic rings. The molecule has 0 aliphatic heterocycles. The van der Waals surface area contributed by atoms with Crippen LogP contribution in [0.25, 0.3) is 0 Å². The lowest BCUT2D eigenvalue weighted by atomic mass is 10.1. The number of anilines is 2. The zero-order valence-corrected chi connectivity index (χ0v) is 15.8. The van der Waals surface area contributed by atoms with E-state index in [4.69, 9.17) is 5.26 Å². The minimum absolute atomic E-state index is 0.0173. The van der Waals surface area contributed by atoms with Crippen molar-refractivity contribution in [3.63, 3.8) is 0 Å². The van der Waals surface area contributed by atoms with Crippen molar-refractivity contribution in [1.82, 2.24) is 4.98 Å². The lowest BCUT2D eigenvalue weighted by molar-refractivity contribution is 0.102. The summed E-state index contributed by atoms with van der Waals surface area (Å²) >= 11 is 1.24. The van der Waals surface area contributed by atoms with E-state index in [9.17, 15) is 13.2 Å². The van der Waals surface area contributed by atoms with Gasteiger partial charge < -0.3 is 0 Å². The second kappa shape index (κ2) is 7.57. The van der Waals surface area contributed by atoms with Gasteiger partial charge in [-0.25, -0.2) is 13.4 Å². The molecular formula is C18H14N4O3S2. The maximum Gasteiger partial charge on any atom is 0.261 e. The molecule has 136 valence electrons. The summed E-state index contributed by atoms with van der Waals surface area (Å²) in [5.74, 6) is -0.531. The summed E-state index contributed by atoms with van der Waals surface area (Å²) in [5.41, 5.74) is 1.25. The highest BCUT2D eigenvalue weighted by Gasteiger charge is 2.20. The Bertz CT molecular complexity index is 1120. The van der Waals surface area contributed by atoms with Gasteiger partial charge in [-0.3, -0.25) is 14.8 Å². The van der Waals surface area contributed by atoms with Crippen LogP contribution in [0.2, 0.25) is 0 Å². The number of hydrogen-bond acceptors (Lipinski definition) is 6. The SMILES string of the molecule is Cc1ccc(S(=O)(=O)Nc2cc(C#N)ccc2C(=O)Nc2nccs2)cc1. The molecule has 0 aliphatic carbocycles. The molecule has 1 amide bonds. The number of nitrogens with one attached hydrogen (secondary N) is 2. The van der Waals surface area contributed by atoms with E-state index in [0.29, 0.717) is 5.13 Å². The second-order valence-corrected chi connectivity index (χ2v) is 8.16. The molecule has 3 rings (SSSR count). The molecule has 0 unspecified atom stereocenters. The predicted molar refractivity (Wildman–Crippen MR) is 103 cm³/mol. The third kappa shape index (κ3) is 4.31. The van der Waals surface area contributed by atoms with Gasteiger partial charge in [-0.2, -0.15) is 5.26 Å². The number of nitrogens with zero attached hydrogens (tertiary/aromatic N) is 2. The van der Waals surface area contributed by atoms with Crippen molar-refractivity contribution in [2.24, 2.45) is 0 Å². The lowest BCUT2D eigenvalue weighted by Crippen LogP contribution is -2.19. The number of benzene rings is 2. The van der Waals surface area contributed by atoms with Crippen molar-refractivity contribution in [3.8, 4) is 6.07 Å². The van der Waals surface area contributed by atoms with Crippen molar-refractivity contribution in [2.45, 2.75) is 11.8 Å². The average molecular weight is 398 g/mol. The molecule has 0 radical (unpaired) electrons. The summed E-state index contributed by atoms with van der Waals surface area (Å²) in [7, 11) is -3.93. The Balaban J connectivity index is 1.96. The second-order valence-electron chi connectivity index (χ2n) is 5.58. The number of carbonyl (C=O) groups excluding carboxylic acids is 1. The fourth-order valence-corrected chi connectivity index (χ4v) is 3.86. The van der Waals surface area contributed by atoms with Crippen LogP contribution >= 0.6 is 11.3 Å². The van der Waals surface area contributed by atoms with Crippen LogP contribution in [0.4, 0.5) is 10.8 Å². The third-order valence-electron chi connectivity index (χ3n) is 3.62. The molecule has 0 spiro atoms. The topological polar surface area (TPSA) is 112 Å². The fourth-order valence-electron chi connectivity index (χ4n) is 2.27. The van der Waals surface area contributed by atoms with Crippen LogP contribution in [0, 0.1) is 18.3 Å². The largest absolute Gasteiger partial charge is 0.298 e. The van der Waals surface area contributed by atoms with Crippen LogP contribution in [-0.2, 0) is 10.0 Å². The van der Waals surface area contributed by atoms with Crippen LogP contribution in [0.3, 0.4) is 0 Å². The minimum Gasteiger partial charge on any atom is -0.298 e. The highest BCUT2D eigenvalue weighted by Crippen LogP contribution is 2.23. The number of thiazole rings is 1. The summed E-state index contributed by atoms with van der Waals surface area (Å²) in [6.07, 6.45) is 1.54. The number of carbonyl (C=O) groups is 1. The van der Waals surface area contributed by atoms with E-state index in [1.807, 2.05) is 13.0 Å². The summed E-state index contributed by atoms with van der Waals surface area (Å²) in [4.78, 5) is 16.6. The quantitative estimate of drug-likeness (QED) is 0.684. The molecule has 1 heterocycles. The number of sulfonamides is 1. The fraction of sp³-hybridized carbons (Fsp3) is 0.0556. The van der Waals surface area contributed by atoms with Gasteiger partial charge in [-0.15, -0.1) is 11.3 Å². The number of aryl methyl sites for hydroxylation is 1. The van der Waals surface area contributed by atoms with E-state index in [2.05, 4.69) is 15.0 Å². The molecule has 0 atom stereocenters. The van der Waals surface area contributed by atoms with Gasteiger partial charge in [0.15, 0.2) is 5.13 Å². The summed E-state index contributed by atoms with van der Waals surface area (Å²) in [5, 5.41) is 13.8. The molecule has 0 saturated carbocycles. The van der Waals surface area contributed by atoms with E-state index < -0.39 is 15.9 Å². The van der Waals surface area contributed by atoms with Gasteiger partial charge in [0, 0.05) is 11.6 Å². The van der Waals surface area contributed by atoms with Crippen LogP contribution in [-0.4, -0.2) is 19.3 Å². The van der Waals surface area contributed by atoms with Crippen molar-refractivity contribution in [3.05, 3.63) is 70.7 Å². The Hall–Kier alpha value is -3.22. The summed E-state index contributed by atoms with van der Waals surface area (Å²) in [6.45, 7) is 1.85. The Labute approximate surface area is 160 Å². The van der Waals surface area contributed by atoms with Gasteiger partial charge in [0.1, 0.15) is 0 Å². The Kier molecular flexibility index (Phi) is 5.21. The average Bonchev–Trinajstić information content (AvgIpc) is 3.14. The first kappa shape index (κ1) is 18.6. The number of hydrogen-bond donors (Lipinski definition) is 2. The molecule has 7 nitrogen and oxygen atoms in total. The molecule has 27 heavy (non-hydrogen) atoms. The zero-order valence-electron chi connectivity index (χ0n) is 14.1. The number of amides is 1. The molecule has 9 heteroatoms. The molecule has 2 N–H and O–H groups in total. The third-order valence-corrected chi connectivity index (χ3v) is 5.69. The van der Waals surface area contributed by atoms with E-state index in [0.717, 1.165) is 5.56 Å². The number of nitriles is 1. The molecule has 0 bridgehead atoms. The first-order chi connectivity index (χ1) is 12.9. The van der Waals surface area contributed by atoms with Crippen molar-refractivity contribution in [1.29, 1.82) is 5.26 Å². The molecule has 1 aromatic heterocycles. The van der Waals surface area contributed by atoms with E-state index >= 15 is 0 Å².